The van der Waals surface area contributed by atoms with Crippen molar-refractivity contribution in [3.8, 4) is 5.75 Å². The highest BCUT2D eigenvalue weighted by Gasteiger charge is 2.15. The molecule has 7 nitrogen and oxygen atoms in total. The van der Waals surface area contributed by atoms with Crippen molar-refractivity contribution in [3.05, 3.63) is 56.9 Å². The topological polar surface area (TPSA) is 77.1 Å². The van der Waals surface area contributed by atoms with Gasteiger partial charge in [0.1, 0.15) is 18.0 Å². The number of aromatic nitrogens is 2. The van der Waals surface area contributed by atoms with Crippen molar-refractivity contribution >= 4 is 39.5 Å². The Labute approximate surface area is 158 Å². The van der Waals surface area contributed by atoms with Crippen molar-refractivity contribution in [1.29, 1.82) is 0 Å². The van der Waals surface area contributed by atoms with Gasteiger partial charge in [0.15, 0.2) is 11.5 Å². The van der Waals surface area contributed by atoms with Crippen LogP contribution in [0.5, 0.6) is 5.75 Å². The van der Waals surface area contributed by atoms with Crippen molar-refractivity contribution in [3.63, 3.8) is 0 Å². The number of benzene rings is 1. The molecule has 1 atom stereocenters. The van der Waals surface area contributed by atoms with Gasteiger partial charge < -0.3 is 15.0 Å². The van der Waals surface area contributed by atoms with Crippen LogP contribution in [-0.4, -0.2) is 36.0 Å². The molecule has 2 heterocycles. The summed E-state index contributed by atoms with van der Waals surface area (Å²) < 4.78 is 6.72. The molecule has 0 aliphatic heterocycles. The smallest absolute Gasteiger partial charge is 0.279 e. The Kier molecular flexibility index (Phi) is 5.55. The zero-order chi connectivity index (χ0) is 18.7. The molecule has 2 N–H and O–H groups in total. The average molecular weight is 394 g/mol. The highest BCUT2D eigenvalue weighted by atomic mass is 35.5. The zero-order valence-electron chi connectivity index (χ0n) is 14.3. The monoisotopic (exact) mass is 393 g/mol. The van der Waals surface area contributed by atoms with Gasteiger partial charge in [0, 0.05) is 22.7 Å². The first-order chi connectivity index (χ1) is 12.5. The number of methoxy groups -OCH3 is 1. The summed E-state index contributed by atoms with van der Waals surface area (Å²) in [5, 5.41) is 5.13. The van der Waals surface area contributed by atoms with Crippen LogP contribution >= 0.6 is 22.9 Å². The van der Waals surface area contributed by atoms with E-state index in [1.165, 1.54) is 28.9 Å². The number of hydrogen-bond acceptors (Lipinski definition) is 5. The van der Waals surface area contributed by atoms with E-state index in [-0.39, 0.29) is 18.0 Å². The summed E-state index contributed by atoms with van der Waals surface area (Å²) in [5.74, 6) is 0.357. The van der Waals surface area contributed by atoms with Gasteiger partial charge in [-0.15, -0.1) is 11.3 Å². The molecule has 9 heteroatoms. The Morgan fingerprint density at radius 3 is 3.00 bits per heavy atom. The third-order valence-electron chi connectivity index (χ3n) is 3.74. The molecular weight excluding hydrogens is 376 g/mol. The fourth-order valence-corrected chi connectivity index (χ4v) is 3.51. The number of carbonyl (C=O) groups excluding carboxylic acids is 1. The summed E-state index contributed by atoms with van der Waals surface area (Å²) in [7, 11) is 3.40. The van der Waals surface area contributed by atoms with Crippen LogP contribution in [0.25, 0.3) is 4.96 Å². The van der Waals surface area contributed by atoms with Crippen LogP contribution in [-0.2, 0) is 11.3 Å². The van der Waals surface area contributed by atoms with Gasteiger partial charge >= 0.3 is 0 Å². The molecule has 1 unspecified atom stereocenters. The number of rotatable bonds is 6. The van der Waals surface area contributed by atoms with Gasteiger partial charge in [0.2, 0.25) is 0 Å². The van der Waals surface area contributed by atoms with Gasteiger partial charge in [-0.3, -0.25) is 14.0 Å². The number of thiazole rings is 1. The van der Waals surface area contributed by atoms with Gasteiger partial charge in [0.25, 0.3) is 11.5 Å². The highest BCUT2D eigenvalue weighted by molar-refractivity contribution is 7.15. The van der Waals surface area contributed by atoms with Gasteiger partial charge in [-0.05, 0) is 18.2 Å². The summed E-state index contributed by atoms with van der Waals surface area (Å²) in [4.78, 5) is 30.3. The number of carbonyl (C=O) groups is 1. The minimum atomic E-state index is -0.183. The van der Waals surface area contributed by atoms with Crippen molar-refractivity contribution in [2.24, 2.45) is 0 Å². The molecule has 26 heavy (non-hydrogen) atoms. The van der Waals surface area contributed by atoms with Crippen LogP contribution in [0.3, 0.4) is 0 Å². The number of nitrogens with one attached hydrogen (secondary N) is 2. The summed E-state index contributed by atoms with van der Waals surface area (Å²) in [6.45, 7) is 0.672. The van der Waals surface area contributed by atoms with E-state index in [4.69, 9.17) is 16.3 Å². The first-order valence-corrected chi connectivity index (χ1v) is 9.12. The van der Waals surface area contributed by atoms with E-state index < -0.39 is 0 Å². The number of hydrogen-bond donors (Lipinski definition) is 2. The summed E-state index contributed by atoms with van der Waals surface area (Å²) in [6, 6.07) is 6.53. The van der Waals surface area contributed by atoms with Crippen molar-refractivity contribution in [2.45, 2.75) is 6.54 Å². The lowest BCUT2D eigenvalue weighted by atomic mass is 10.3. The quantitative estimate of drug-likeness (QED) is 0.656. The largest absolute Gasteiger partial charge is 0.495 e. The molecule has 3 aromatic rings. The molecule has 0 saturated carbocycles. The van der Waals surface area contributed by atoms with Crippen LogP contribution < -0.4 is 20.5 Å². The Balaban J connectivity index is 1.65. The van der Waals surface area contributed by atoms with Gasteiger partial charge in [0.05, 0.1) is 19.8 Å². The molecular formula is C17H18ClN4O3S+. The number of quaternary nitrogens is 1. The van der Waals surface area contributed by atoms with Gasteiger partial charge in [-0.1, -0.05) is 11.6 Å². The van der Waals surface area contributed by atoms with E-state index in [2.05, 4.69) is 10.3 Å². The normalized spacial score (nSPS) is 12.1. The molecule has 1 amide bonds. The van der Waals surface area contributed by atoms with Crippen LogP contribution in [0.15, 0.2) is 40.6 Å². The molecule has 0 spiro atoms. The lowest BCUT2D eigenvalue weighted by molar-refractivity contribution is -0.885. The second-order valence-electron chi connectivity index (χ2n) is 5.84. The van der Waals surface area contributed by atoms with E-state index >= 15 is 0 Å². The van der Waals surface area contributed by atoms with Crippen LogP contribution in [0.4, 0.5) is 5.69 Å². The minimum absolute atomic E-state index is 0.118. The Hall–Kier alpha value is -2.42. The number of anilines is 1. The predicted octanol–water partition coefficient (Wildman–Crippen LogP) is 1.07. The van der Waals surface area contributed by atoms with E-state index in [9.17, 15) is 9.59 Å². The average Bonchev–Trinajstić information content (AvgIpc) is 3.03. The van der Waals surface area contributed by atoms with E-state index in [0.29, 0.717) is 33.7 Å². The number of likely N-dealkylation sites (N-methyl/N-ethyl adjacent to an activating group) is 1. The fraction of sp³-hybridized carbons (Fsp3) is 0.235. The van der Waals surface area contributed by atoms with E-state index in [0.717, 1.165) is 4.90 Å². The maximum atomic E-state index is 12.3. The molecule has 136 valence electrons. The Bertz CT molecular complexity index is 1000. The third-order valence-corrected chi connectivity index (χ3v) is 4.73. The molecule has 1 aromatic carbocycles. The number of ether oxygens (including phenoxy) is 1. The maximum absolute atomic E-state index is 12.3. The first-order valence-electron chi connectivity index (χ1n) is 7.86. The Morgan fingerprint density at radius 2 is 2.23 bits per heavy atom. The predicted molar refractivity (Wildman–Crippen MR) is 101 cm³/mol. The van der Waals surface area contributed by atoms with Crippen molar-refractivity contribution in [1.82, 2.24) is 9.38 Å². The van der Waals surface area contributed by atoms with Crippen LogP contribution in [0.2, 0.25) is 5.02 Å². The van der Waals surface area contributed by atoms with Crippen molar-refractivity contribution < 1.29 is 14.4 Å². The third kappa shape index (κ3) is 4.21. The highest BCUT2D eigenvalue weighted by Crippen LogP contribution is 2.27. The molecule has 0 radical (unpaired) electrons. The molecule has 0 saturated heterocycles. The standard InChI is InChI=1S/C17H17ClN4O3S/c1-21(9-12-8-16(24)22-5-6-26-17(22)19-12)10-15(23)20-13-7-11(18)3-4-14(13)25-2/h3-8H,9-10H2,1-2H3,(H,20,23)/p+1. The second-order valence-corrected chi connectivity index (χ2v) is 7.15. The summed E-state index contributed by atoms with van der Waals surface area (Å²) >= 11 is 7.37. The molecule has 0 fully saturated rings. The molecule has 0 aliphatic rings. The van der Waals surface area contributed by atoms with Crippen molar-refractivity contribution in [2.75, 3.05) is 26.0 Å². The number of amides is 1. The number of nitrogens with zero attached hydrogens (tertiary/aromatic N) is 2. The Morgan fingerprint density at radius 1 is 1.42 bits per heavy atom. The molecule has 0 bridgehead atoms. The van der Waals surface area contributed by atoms with E-state index in [1.807, 2.05) is 12.4 Å². The first kappa shape index (κ1) is 18.4. The summed E-state index contributed by atoms with van der Waals surface area (Å²) in [6.07, 6.45) is 1.70. The number of halogens is 1. The minimum Gasteiger partial charge on any atom is -0.495 e. The molecule has 3 rings (SSSR count). The zero-order valence-corrected chi connectivity index (χ0v) is 15.9. The maximum Gasteiger partial charge on any atom is 0.279 e. The van der Waals surface area contributed by atoms with Crippen LogP contribution in [0.1, 0.15) is 5.69 Å². The summed E-state index contributed by atoms with van der Waals surface area (Å²) in [5.41, 5.74) is 1.06. The molecule has 0 aliphatic carbocycles. The molecule has 2 aromatic heterocycles. The van der Waals surface area contributed by atoms with Gasteiger partial charge in [-0.2, -0.15) is 0 Å². The van der Waals surface area contributed by atoms with Gasteiger partial charge in [-0.25, -0.2) is 4.98 Å². The number of fused-ring (bicyclic) bond motifs is 1. The lowest BCUT2D eigenvalue weighted by Crippen LogP contribution is -3.08. The fourth-order valence-electron chi connectivity index (χ4n) is 2.60. The lowest BCUT2D eigenvalue weighted by Gasteiger charge is -2.15. The van der Waals surface area contributed by atoms with E-state index in [1.54, 1.807) is 24.4 Å². The second kappa shape index (κ2) is 7.86. The van der Waals surface area contributed by atoms with Crippen LogP contribution in [0, 0.1) is 0 Å². The SMILES string of the molecule is COc1ccc(Cl)cc1NC(=O)C[NH+](C)Cc1cc(=O)n2ccsc2n1.